The van der Waals surface area contributed by atoms with E-state index in [1.165, 1.54) is 0 Å². The number of carbonyl (C=O) groups is 1. The van der Waals surface area contributed by atoms with E-state index in [9.17, 15) is 9.18 Å². The van der Waals surface area contributed by atoms with E-state index in [4.69, 9.17) is 9.84 Å². The molecule has 1 unspecified atom stereocenters. The standard InChI is InChI=1S/C12H16FNO3.ClH/c1-14-11(12(15)16)8-9-2-4-10(5-3-9)17-7-6-13;/h2-5,11,14H,6-8H2,1H3,(H,15,16);1H. The minimum atomic E-state index is -0.884. The van der Waals surface area contributed by atoms with Crippen molar-refractivity contribution in [3.63, 3.8) is 0 Å². The zero-order valence-electron chi connectivity index (χ0n) is 10.1. The summed E-state index contributed by atoms with van der Waals surface area (Å²) in [4.78, 5) is 10.8. The lowest BCUT2D eigenvalue weighted by molar-refractivity contribution is -0.139. The predicted molar refractivity (Wildman–Crippen MR) is 69.3 cm³/mol. The van der Waals surface area contributed by atoms with E-state index < -0.39 is 18.7 Å². The zero-order chi connectivity index (χ0) is 12.7. The number of carboxylic acid groups (broad SMARTS) is 1. The molecule has 1 atom stereocenters. The topological polar surface area (TPSA) is 58.6 Å². The van der Waals surface area contributed by atoms with Gasteiger partial charge in [0.25, 0.3) is 0 Å². The molecule has 0 aliphatic heterocycles. The van der Waals surface area contributed by atoms with Gasteiger partial charge >= 0.3 is 5.97 Å². The second-order valence-electron chi connectivity index (χ2n) is 3.57. The number of alkyl halides is 1. The van der Waals surface area contributed by atoms with Crippen molar-refractivity contribution in [2.45, 2.75) is 12.5 Å². The minimum absolute atomic E-state index is 0. The molecular formula is C12H17ClFNO3. The molecule has 0 saturated heterocycles. The van der Waals surface area contributed by atoms with Crippen LogP contribution < -0.4 is 10.1 Å². The summed E-state index contributed by atoms with van der Waals surface area (Å²) in [6.07, 6.45) is 0.398. The van der Waals surface area contributed by atoms with E-state index in [1.807, 2.05) is 0 Å². The number of nitrogens with one attached hydrogen (secondary N) is 1. The van der Waals surface area contributed by atoms with Crippen molar-refractivity contribution in [1.82, 2.24) is 5.32 Å². The van der Waals surface area contributed by atoms with Gasteiger partial charge in [-0.05, 0) is 31.2 Å². The Labute approximate surface area is 112 Å². The van der Waals surface area contributed by atoms with Crippen LogP contribution in [0.4, 0.5) is 4.39 Å². The summed E-state index contributed by atoms with van der Waals surface area (Å²) in [6.45, 7) is -0.490. The number of carboxylic acids is 1. The number of hydrogen-bond acceptors (Lipinski definition) is 3. The van der Waals surface area contributed by atoms with Gasteiger partial charge in [-0.2, -0.15) is 0 Å². The normalized spacial score (nSPS) is 11.4. The van der Waals surface area contributed by atoms with E-state index in [2.05, 4.69) is 5.32 Å². The van der Waals surface area contributed by atoms with Crippen LogP contribution >= 0.6 is 12.4 Å². The Bertz CT molecular complexity index is 359. The van der Waals surface area contributed by atoms with Crippen LogP contribution in [-0.2, 0) is 11.2 Å². The molecule has 0 spiro atoms. The number of ether oxygens (including phenoxy) is 1. The van der Waals surface area contributed by atoms with Crippen molar-refractivity contribution in [2.75, 3.05) is 20.3 Å². The van der Waals surface area contributed by atoms with Crippen molar-refractivity contribution in [1.29, 1.82) is 0 Å². The van der Waals surface area contributed by atoms with Crippen LogP contribution in [0.1, 0.15) is 5.56 Å². The number of aliphatic carboxylic acids is 1. The second-order valence-corrected chi connectivity index (χ2v) is 3.57. The second kappa shape index (κ2) is 8.72. The van der Waals surface area contributed by atoms with Crippen LogP contribution in [-0.4, -0.2) is 37.4 Å². The molecule has 0 heterocycles. The third-order valence-electron chi connectivity index (χ3n) is 2.36. The molecule has 2 N–H and O–H groups in total. The van der Waals surface area contributed by atoms with Crippen molar-refractivity contribution in [3.05, 3.63) is 29.8 Å². The first-order chi connectivity index (χ1) is 8.17. The van der Waals surface area contributed by atoms with Gasteiger partial charge in [-0.25, -0.2) is 4.39 Å². The average Bonchev–Trinajstić information content (AvgIpc) is 2.34. The van der Waals surface area contributed by atoms with E-state index >= 15 is 0 Å². The number of halogens is 2. The molecule has 0 saturated carbocycles. The largest absolute Gasteiger partial charge is 0.491 e. The van der Waals surface area contributed by atoms with Gasteiger partial charge in [0, 0.05) is 0 Å². The maximum absolute atomic E-state index is 11.9. The monoisotopic (exact) mass is 277 g/mol. The fourth-order valence-corrected chi connectivity index (χ4v) is 1.43. The van der Waals surface area contributed by atoms with E-state index in [0.29, 0.717) is 12.2 Å². The van der Waals surface area contributed by atoms with Crippen LogP contribution in [0.2, 0.25) is 0 Å². The average molecular weight is 278 g/mol. The highest BCUT2D eigenvalue weighted by Crippen LogP contribution is 2.13. The first-order valence-corrected chi connectivity index (χ1v) is 5.35. The summed E-state index contributed by atoms with van der Waals surface area (Å²) in [7, 11) is 1.61. The van der Waals surface area contributed by atoms with E-state index in [1.54, 1.807) is 31.3 Å². The van der Waals surface area contributed by atoms with Gasteiger partial charge in [0.1, 0.15) is 25.1 Å². The number of rotatable bonds is 7. The lowest BCUT2D eigenvalue weighted by Crippen LogP contribution is -2.35. The summed E-state index contributed by atoms with van der Waals surface area (Å²) >= 11 is 0. The molecule has 6 heteroatoms. The lowest BCUT2D eigenvalue weighted by Gasteiger charge is -2.11. The van der Waals surface area contributed by atoms with Crippen molar-refractivity contribution in [3.8, 4) is 5.75 Å². The fraction of sp³-hybridized carbons (Fsp3) is 0.417. The Morgan fingerprint density at radius 3 is 2.50 bits per heavy atom. The maximum Gasteiger partial charge on any atom is 0.321 e. The van der Waals surface area contributed by atoms with E-state index in [-0.39, 0.29) is 19.0 Å². The Morgan fingerprint density at radius 1 is 1.44 bits per heavy atom. The van der Waals surface area contributed by atoms with Crippen molar-refractivity contribution >= 4 is 18.4 Å². The number of benzene rings is 1. The van der Waals surface area contributed by atoms with Crippen molar-refractivity contribution < 1.29 is 19.0 Å². The molecule has 0 aliphatic rings. The van der Waals surface area contributed by atoms with Crippen LogP contribution in [0.3, 0.4) is 0 Å². The molecule has 1 rings (SSSR count). The smallest absolute Gasteiger partial charge is 0.321 e. The van der Waals surface area contributed by atoms with Gasteiger partial charge in [-0.1, -0.05) is 12.1 Å². The van der Waals surface area contributed by atoms with Gasteiger partial charge < -0.3 is 15.2 Å². The first kappa shape index (κ1) is 16.7. The number of likely N-dealkylation sites (N-methyl/N-ethyl adjacent to an activating group) is 1. The molecule has 102 valence electrons. The third kappa shape index (κ3) is 5.33. The molecule has 4 nitrogen and oxygen atoms in total. The number of hydrogen-bond donors (Lipinski definition) is 2. The van der Waals surface area contributed by atoms with Crippen LogP contribution in [0, 0.1) is 0 Å². The quantitative estimate of drug-likeness (QED) is 0.796. The SMILES string of the molecule is CNC(Cc1ccc(OCCF)cc1)C(=O)O.Cl. The third-order valence-corrected chi connectivity index (χ3v) is 2.36. The summed E-state index contributed by atoms with van der Waals surface area (Å²) in [5, 5.41) is 11.6. The molecule has 0 fully saturated rings. The molecule has 0 radical (unpaired) electrons. The summed E-state index contributed by atoms with van der Waals surface area (Å²) in [5.41, 5.74) is 0.888. The minimum Gasteiger partial charge on any atom is -0.491 e. The molecule has 18 heavy (non-hydrogen) atoms. The summed E-state index contributed by atoms with van der Waals surface area (Å²) < 4.78 is 16.9. The highest BCUT2D eigenvalue weighted by molar-refractivity contribution is 5.85. The molecule has 0 bridgehead atoms. The Kier molecular flexibility index (Phi) is 8.07. The molecule has 1 aromatic carbocycles. The predicted octanol–water partition coefficient (Wildman–Crippen LogP) is 1.67. The zero-order valence-corrected chi connectivity index (χ0v) is 10.9. The first-order valence-electron chi connectivity index (χ1n) is 5.35. The van der Waals surface area contributed by atoms with Gasteiger partial charge in [0.05, 0.1) is 0 Å². The highest BCUT2D eigenvalue weighted by Gasteiger charge is 2.14. The summed E-state index contributed by atoms with van der Waals surface area (Å²) in [5.74, 6) is -0.298. The van der Waals surface area contributed by atoms with Gasteiger partial charge in [0.2, 0.25) is 0 Å². The van der Waals surface area contributed by atoms with Gasteiger partial charge in [-0.3, -0.25) is 4.79 Å². The Morgan fingerprint density at radius 2 is 2.06 bits per heavy atom. The fourth-order valence-electron chi connectivity index (χ4n) is 1.43. The van der Waals surface area contributed by atoms with Crippen LogP contribution in [0.5, 0.6) is 5.75 Å². The van der Waals surface area contributed by atoms with Crippen molar-refractivity contribution in [2.24, 2.45) is 0 Å². The molecule has 0 amide bonds. The summed E-state index contributed by atoms with van der Waals surface area (Å²) in [6, 6.07) is 6.37. The van der Waals surface area contributed by atoms with E-state index in [0.717, 1.165) is 5.56 Å². The molecule has 0 aliphatic carbocycles. The lowest BCUT2D eigenvalue weighted by atomic mass is 10.1. The van der Waals surface area contributed by atoms with Gasteiger partial charge in [0.15, 0.2) is 0 Å². The molecule has 1 aromatic rings. The maximum atomic E-state index is 11.9. The Hall–Kier alpha value is -1.33. The van der Waals surface area contributed by atoms with Gasteiger partial charge in [-0.15, -0.1) is 12.4 Å². The van der Waals surface area contributed by atoms with Crippen LogP contribution in [0.25, 0.3) is 0 Å². The van der Waals surface area contributed by atoms with Crippen LogP contribution in [0.15, 0.2) is 24.3 Å². The highest BCUT2D eigenvalue weighted by atomic mass is 35.5. The molecular weight excluding hydrogens is 261 g/mol. The Balaban J connectivity index is 0.00000289. The molecule has 0 aromatic heterocycles.